The van der Waals surface area contributed by atoms with E-state index in [9.17, 15) is 26.6 Å². The molecule has 0 amide bonds. The lowest BCUT2D eigenvalue weighted by Gasteiger charge is -2.33. The molecule has 7 nitrogen and oxygen atoms in total. The fourth-order valence-corrected chi connectivity index (χ4v) is 6.67. The minimum Gasteiger partial charge on any atom is -0.495 e. The molecule has 0 saturated carbocycles. The van der Waals surface area contributed by atoms with Crippen molar-refractivity contribution in [2.75, 3.05) is 62.0 Å². The lowest BCUT2D eigenvalue weighted by Crippen LogP contribution is -2.46. The van der Waals surface area contributed by atoms with Crippen LogP contribution in [0.5, 0.6) is 5.75 Å². The number of carbonyl (C=O) groups is 1. The molecule has 0 unspecified atom stereocenters. The zero-order chi connectivity index (χ0) is 30.7. The van der Waals surface area contributed by atoms with Crippen molar-refractivity contribution in [1.29, 1.82) is 0 Å². The van der Waals surface area contributed by atoms with Crippen LogP contribution in [0, 0.1) is 11.8 Å². The second kappa shape index (κ2) is 12.9. The first-order valence-electron chi connectivity index (χ1n) is 13.2. The summed E-state index contributed by atoms with van der Waals surface area (Å²) >= 11 is 1.16. The van der Waals surface area contributed by atoms with Crippen LogP contribution in [0.25, 0.3) is 10.1 Å². The van der Waals surface area contributed by atoms with Crippen LogP contribution in [-0.4, -0.2) is 80.2 Å². The van der Waals surface area contributed by atoms with Gasteiger partial charge in [0.1, 0.15) is 11.9 Å². The summed E-state index contributed by atoms with van der Waals surface area (Å²) in [4.78, 5) is 13.4. The Bertz CT molecular complexity index is 1550. The first kappa shape index (κ1) is 31.6. The molecule has 4 rings (SSSR count). The molecule has 1 aromatic heterocycles. The number of ether oxygens (including phenoxy) is 1. The number of hydrogen-bond acceptors (Lipinski definition) is 7. The van der Waals surface area contributed by atoms with Gasteiger partial charge < -0.3 is 24.6 Å². The van der Waals surface area contributed by atoms with Gasteiger partial charge in [0.25, 0.3) is 0 Å². The Morgan fingerprint density at radius 3 is 2.69 bits per heavy atom. The minimum absolute atomic E-state index is 0.1000. The number of benzene rings is 2. The number of methoxy groups -OCH3 is 1. The van der Waals surface area contributed by atoms with Gasteiger partial charge in [0, 0.05) is 42.6 Å². The van der Waals surface area contributed by atoms with Gasteiger partial charge in [-0.3, -0.25) is 9.00 Å². The van der Waals surface area contributed by atoms with Gasteiger partial charge in [0.05, 0.1) is 52.8 Å². The first-order chi connectivity index (χ1) is 19.8. The van der Waals surface area contributed by atoms with E-state index in [1.165, 1.54) is 17.7 Å². The predicted molar refractivity (Wildman–Crippen MR) is 165 cm³/mol. The molecule has 0 aliphatic carbocycles. The average molecular weight is 627 g/mol. The summed E-state index contributed by atoms with van der Waals surface area (Å²) in [5, 5.41) is 6.79. The molecule has 2 atom stereocenters. The molecular formula is C29H34F4N4O3S2. The minimum atomic E-state index is -4.43. The van der Waals surface area contributed by atoms with Crippen LogP contribution in [-0.2, 0) is 21.3 Å². The van der Waals surface area contributed by atoms with Crippen LogP contribution in [0.4, 0.5) is 34.6 Å². The van der Waals surface area contributed by atoms with E-state index < -0.39 is 34.9 Å². The number of thiol groups is 1. The third kappa shape index (κ3) is 7.35. The summed E-state index contributed by atoms with van der Waals surface area (Å²) in [5.74, 6) is 6.24. The van der Waals surface area contributed by atoms with Crippen molar-refractivity contribution in [3.8, 4) is 17.6 Å². The Kier molecular flexibility index (Phi) is 9.70. The molecule has 0 bridgehead atoms. The van der Waals surface area contributed by atoms with Crippen LogP contribution in [0.2, 0.25) is 0 Å². The third-order valence-electron chi connectivity index (χ3n) is 7.20. The highest BCUT2D eigenvalue weighted by molar-refractivity contribution is 8.15. The van der Waals surface area contributed by atoms with E-state index in [0.717, 1.165) is 17.9 Å². The number of alkyl halides is 4. The van der Waals surface area contributed by atoms with E-state index in [0.29, 0.717) is 56.4 Å². The van der Waals surface area contributed by atoms with Gasteiger partial charge in [-0.15, -0.1) is 11.3 Å². The molecule has 228 valence electrons. The highest BCUT2D eigenvalue weighted by Gasteiger charge is 2.32. The van der Waals surface area contributed by atoms with Crippen molar-refractivity contribution < 1.29 is 31.3 Å². The van der Waals surface area contributed by atoms with Gasteiger partial charge in [-0.25, -0.2) is 4.39 Å². The van der Waals surface area contributed by atoms with Gasteiger partial charge in [-0.1, -0.05) is 24.0 Å². The molecule has 0 radical (unpaired) electrons. The number of nitrogens with zero attached hydrogens (tertiary/aromatic N) is 2. The van der Waals surface area contributed by atoms with E-state index in [1.54, 1.807) is 43.4 Å². The molecule has 0 spiro atoms. The molecule has 1 fully saturated rings. The van der Waals surface area contributed by atoms with Crippen LogP contribution in [0.3, 0.4) is 0 Å². The Labute approximate surface area is 247 Å². The molecular weight excluding hydrogens is 592 g/mol. The van der Waals surface area contributed by atoms with Crippen molar-refractivity contribution >= 4 is 54.2 Å². The number of likely N-dealkylation sites (tertiary alicyclic amines) is 1. The number of piperidine rings is 1. The fourth-order valence-electron chi connectivity index (χ4n) is 4.77. The van der Waals surface area contributed by atoms with Crippen LogP contribution < -0.4 is 19.7 Å². The Morgan fingerprint density at radius 1 is 1.26 bits per heavy atom. The second-order valence-corrected chi connectivity index (χ2v) is 14.0. The molecule has 1 aliphatic rings. The third-order valence-corrected chi connectivity index (χ3v) is 10.2. The summed E-state index contributed by atoms with van der Waals surface area (Å²) in [6.07, 6.45) is -4.71. The molecule has 3 aromatic rings. The Morgan fingerprint density at radius 2 is 2.02 bits per heavy atom. The Hall–Kier alpha value is -3.34. The Balaban J connectivity index is 1.58. The standard InChI is InChI=1S/C29H34F4N4O3S2/c1-36-14-12-23(22(30)17-36)35-25-8-5-7-20-21(16-29(31,32)33)27(41-28(20)25)9-6-13-34-24-11-10-19(15-26(24)40-3)37(2)42(4,39)18-38/h5,7-8,10-11,15,18,22-23,34-35,42H,12-14,16-17H2,1-4H3/t22-,23+/m1/s1. The summed E-state index contributed by atoms with van der Waals surface area (Å²) in [5.41, 5.74) is 2.21. The molecule has 2 aromatic carbocycles. The lowest BCUT2D eigenvalue weighted by atomic mass is 10.0. The smallest absolute Gasteiger partial charge is 0.393 e. The van der Waals surface area contributed by atoms with Crippen molar-refractivity contribution in [3.63, 3.8) is 0 Å². The predicted octanol–water partition coefficient (Wildman–Crippen LogP) is 5.12. The van der Waals surface area contributed by atoms with E-state index >= 15 is 0 Å². The first-order valence-corrected chi connectivity index (χ1v) is 16.2. The number of rotatable bonds is 9. The number of fused-ring (bicyclic) bond motifs is 1. The molecule has 1 saturated heterocycles. The highest BCUT2D eigenvalue weighted by atomic mass is 32.3. The van der Waals surface area contributed by atoms with E-state index in [-0.39, 0.29) is 12.1 Å². The maximum Gasteiger partial charge on any atom is 0.393 e. The average Bonchev–Trinajstić information content (AvgIpc) is 3.28. The van der Waals surface area contributed by atoms with Gasteiger partial charge in [-0.2, -0.15) is 13.2 Å². The number of carbonyl (C=O) groups excluding carboxylic acids is 1. The SMILES string of the molecule is COc1cc(N(C)[SH](C)(=O)C=O)ccc1NCC#Cc1sc2c(N[C@H]3CCN(C)C[C@H]3F)cccc2c1CC(F)(F)F. The van der Waals surface area contributed by atoms with Crippen molar-refractivity contribution in [3.05, 3.63) is 46.8 Å². The van der Waals surface area contributed by atoms with E-state index in [2.05, 4.69) is 22.5 Å². The molecule has 2 heterocycles. The van der Waals surface area contributed by atoms with Gasteiger partial charge in [0.2, 0.25) is 0 Å². The normalized spacial score (nSPS) is 18.2. The number of anilines is 3. The zero-order valence-electron chi connectivity index (χ0n) is 23.7. The highest BCUT2D eigenvalue weighted by Crippen LogP contribution is 2.39. The van der Waals surface area contributed by atoms with E-state index in [4.69, 9.17) is 4.74 Å². The summed E-state index contributed by atoms with van der Waals surface area (Å²) in [7, 11) is 1.68. The maximum atomic E-state index is 14.7. The topological polar surface area (TPSA) is 73.9 Å². The van der Waals surface area contributed by atoms with Gasteiger partial charge in [0.15, 0.2) is 5.62 Å². The number of halogens is 4. The number of hydrogen-bond donors (Lipinski definition) is 3. The fraction of sp³-hybridized carbons (Fsp3) is 0.414. The van der Waals surface area contributed by atoms with Crippen molar-refractivity contribution in [2.24, 2.45) is 0 Å². The van der Waals surface area contributed by atoms with Crippen molar-refractivity contribution in [1.82, 2.24) is 4.90 Å². The second-order valence-electron chi connectivity index (χ2n) is 10.3. The summed E-state index contributed by atoms with van der Waals surface area (Å²) in [6.45, 7) is 1.13. The summed E-state index contributed by atoms with van der Waals surface area (Å²) in [6, 6.07) is 9.65. The zero-order valence-corrected chi connectivity index (χ0v) is 25.4. The maximum absolute atomic E-state index is 14.7. The molecule has 13 heteroatoms. The van der Waals surface area contributed by atoms with Gasteiger partial charge >= 0.3 is 6.18 Å². The molecule has 1 aliphatic heterocycles. The van der Waals surface area contributed by atoms with Crippen LogP contribution in [0.1, 0.15) is 16.9 Å². The number of nitrogens with one attached hydrogen (secondary N) is 2. The van der Waals surface area contributed by atoms with E-state index in [1.807, 2.05) is 11.9 Å². The number of thiophene rings is 1. The van der Waals surface area contributed by atoms with Crippen LogP contribution >= 0.6 is 11.3 Å². The quantitative estimate of drug-likeness (QED) is 0.133. The molecule has 42 heavy (non-hydrogen) atoms. The molecule has 2 N–H and O–H groups in total. The summed E-state index contributed by atoms with van der Waals surface area (Å²) < 4.78 is 75.3. The van der Waals surface area contributed by atoms with Crippen molar-refractivity contribution in [2.45, 2.75) is 31.2 Å². The lowest BCUT2D eigenvalue weighted by molar-refractivity contribution is -0.126. The largest absolute Gasteiger partial charge is 0.495 e. The van der Waals surface area contributed by atoms with Gasteiger partial charge in [-0.05, 0) is 42.6 Å². The van der Waals surface area contributed by atoms with Crippen LogP contribution in [0.15, 0.2) is 36.4 Å². The monoisotopic (exact) mass is 626 g/mol.